The van der Waals surface area contributed by atoms with Crippen LogP contribution in [-0.4, -0.2) is 64.0 Å². The van der Waals surface area contributed by atoms with Gasteiger partial charge in [-0.1, -0.05) is 32.6 Å². The first-order valence-corrected chi connectivity index (χ1v) is 13.1. The van der Waals surface area contributed by atoms with Crippen molar-refractivity contribution in [2.75, 3.05) is 31.5 Å². The summed E-state index contributed by atoms with van der Waals surface area (Å²) in [6, 6.07) is 15.2. The van der Waals surface area contributed by atoms with Crippen LogP contribution in [0.5, 0.6) is 5.75 Å². The molecule has 0 bridgehead atoms. The molecule has 1 fully saturated rings. The second-order valence-electron chi connectivity index (χ2n) is 9.05. The summed E-state index contributed by atoms with van der Waals surface area (Å²) < 4.78 is 20.8. The van der Waals surface area contributed by atoms with Crippen LogP contribution in [0.3, 0.4) is 0 Å². The second kappa shape index (κ2) is 14.2. The second-order valence-corrected chi connectivity index (χ2v) is 9.05. The number of piperazine rings is 1. The zero-order valence-electron chi connectivity index (χ0n) is 22.9. The Balaban J connectivity index is 0.00000183. The molecule has 39 heavy (non-hydrogen) atoms. The van der Waals surface area contributed by atoms with Crippen LogP contribution in [0.1, 0.15) is 49.8 Å². The predicted octanol–water partition coefficient (Wildman–Crippen LogP) is 5.29. The van der Waals surface area contributed by atoms with Gasteiger partial charge in [0.15, 0.2) is 5.82 Å². The first-order chi connectivity index (χ1) is 18.8. The molecule has 0 radical (unpaired) electrons. The molecule has 1 N–H and O–H groups in total. The van der Waals surface area contributed by atoms with E-state index >= 15 is 0 Å². The van der Waals surface area contributed by atoms with E-state index in [-0.39, 0.29) is 25.1 Å². The summed E-state index contributed by atoms with van der Waals surface area (Å²) in [4.78, 5) is 28.6. The third-order valence-corrected chi connectivity index (χ3v) is 6.37. The summed E-state index contributed by atoms with van der Waals surface area (Å²) in [6.45, 7) is 13.7. The summed E-state index contributed by atoms with van der Waals surface area (Å²) in [5.74, 6) is 0.222. The average molecular weight is 536 g/mol. The molecule has 2 atom stereocenters. The maximum absolute atomic E-state index is 14.4. The highest BCUT2D eigenvalue weighted by atomic mass is 19.1. The van der Waals surface area contributed by atoms with E-state index in [1.165, 1.54) is 18.3 Å². The van der Waals surface area contributed by atoms with Gasteiger partial charge in [0.05, 0.1) is 0 Å². The highest BCUT2D eigenvalue weighted by molar-refractivity contribution is 6.03. The number of carbonyl (C=O) groups excluding carboxylic acids is 2. The molecule has 1 aromatic heterocycles. The zero-order chi connectivity index (χ0) is 28.4. The lowest BCUT2D eigenvalue weighted by Gasteiger charge is -2.40. The van der Waals surface area contributed by atoms with Crippen molar-refractivity contribution < 1.29 is 20.1 Å². The smallest absolute Gasteiger partial charge is 0.256 e. The van der Waals surface area contributed by atoms with Crippen LogP contribution in [-0.2, 0) is 4.79 Å². The Morgan fingerprint density at radius 3 is 2.56 bits per heavy atom. The molecule has 3 aromatic rings. The van der Waals surface area contributed by atoms with E-state index < -0.39 is 6.10 Å². The molecule has 1 aliphatic heterocycles. The van der Waals surface area contributed by atoms with Crippen LogP contribution in [0, 0.1) is 12.7 Å². The summed E-state index contributed by atoms with van der Waals surface area (Å²) in [5, 5.41) is 10.3. The van der Waals surface area contributed by atoms with Gasteiger partial charge in [-0.05, 0) is 73.5 Å². The number of hydrogen-bond donors (Lipinski definition) is 1. The maximum Gasteiger partial charge on any atom is 0.256 e. The molecular formula is C30H38FN5O3. The number of halogens is 1. The van der Waals surface area contributed by atoms with Crippen molar-refractivity contribution in [3.8, 4) is 5.75 Å². The molecule has 0 saturated carbocycles. The normalized spacial score (nSPS) is 15.9. The molecule has 0 unspecified atom stereocenters. The van der Waals surface area contributed by atoms with Gasteiger partial charge in [-0.3, -0.25) is 14.5 Å². The van der Waals surface area contributed by atoms with E-state index in [1.807, 2.05) is 26.8 Å². The predicted molar refractivity (Wildman–Crippen MR) is 152 cm³/mol. The number of ether oxygens (including phenoxy) is 1. The highest BCUT2D eigenvalue weighted by Gasteiger charge is 2.28. The zero-order valence-corrected chi connectivity index (χ0v) is 22.9. The van der Waals surface area contributed by atoms with E-state index in [0.29, 0.717) is 54.4 Å². The molecular weight excluding hydrogens is 497 g/mol. The van der Waals surface area contributed by atoms with Gasteiger partial charge < -0.3 is 15.0 Å². The molecule has 0 aliphatic carbocycles. The molecule has 9 heteroatoms. The van der Waals surface area contributed by atoms with Crippen molar-refractivity contribution in [1.82, 2.24) is 20.0 Å². The molecule has 1 aliphatic rings. The van der Waals surface area contributed by atoms with Gasteiger partial charge in [-0.15, -0.1) is 5.10 Å². The topological polar surface area (TPSA) is 87.7 Å². The van der Waals surface area contributed by atoms with Crippen molar-refractivity contribution in [2.45, 2.75) is 39.8 Å². The van der Waals surface area contributed by atoms with E-state index in [0.717, 1.165) is 0 Å². The van der Waals surface area contributed by atoms with Crippen LogP contribution in [0.2, 0.25) is 0 Å². The average Bonchev–Trinajstić information content (AvgIpc) is 2.96. The maximum atomic E-state index is 14.4. The summed E-state index contributed by atoms with van der Waals surface area (Å²) in [5.41, 5.74) is 1.71. The van der Waals surface area contributed by atoms with Crippen molar-refractivity contribution in [3.05, 3.63) is 96.0 Å². The number of benzene rings is 2. The van der Waals surface area contributed by atoms with Gasteiger partial charge in [-0.2, -0.15) is 5.10 Å². The first-order valence-electron chi connectivity index (χ1n) is 13.1. The van der Waals surface area contributed by atoms with Gasteiger partial charge in [-0.25, -0.2) is 4.39 Å². The van der Waals surface area contributed by atoms with E-state index in [4.69, 9.17) is 4.74 Å². The van der Waals surface area contributed by atoms with Gasteiger partial charge in [0.25, 0.3) is 5.91 Å². The highest BCUT2D eigenvalue weighted by Crippen LogP contribution is 2.26. The summed E-state index contributed by atoms with van der Waals surface area (Å²) >= 11 is 0. The van der Waals surface area contributed by atoms with Gasteiger partial charge in [0.1, 0.15) is 17.7 Å². The number of rotatable bonds is 8. The lowest BCUT2D eigenvalue weighted by atomic mass is 10.0. The fourth-order valence-corrected chi connectivity index (χ4v) is 4.30. The van der Waals surface area contributed by atoms with Gasteiger partial charge in [0.2, 0.25) is 5.91 Å². The van der Waals surface area contributed by atoms with Crippen LogP contribution in [0.15, 0.2) is 73.4 Å². The van der Waals surface area contributed by atoms with Crippen molar-refractivity contribution >= 4 is 17.6 Å². The molecule has 1 saturated heterocycles. The van der Waals surface area contributed by atoms with Crippen LogP contribution < -0.4 is 10.1 Å². The quantitative estimate of drug-likeness (QED) is 0.395. The van der Waals surface area contributed by atoms with Crippen molar-refractivity contribution in [3.63, 3.8) is 0 Å². The molecule has 2 heterocycles. The lowest BCUT2D eigenvalue weighted by Crippen LogP contribution is -2.54. The largest absolute Gasteiger partial charge is 0.484 e. The fraction of sp³-hybridized carbons (Fsp3) is 0.333. The Morgan fingerprint density at radius 1 is 1.21 bits per heavy atom. The third-order valence-electron chi connectivity index (χ3n) is 6.37. The Kier molecular flexibility index (Phi) is 10.7. The first kappa shape index (κ1) is 29.4. The minimum Gasteiger partial charge on any atom is -0.484 e. The molecule has 8 nitrogen and oxygen atoms in total. The standard InChI is InChI=1S/C28H30FN5O3.C2H6.H2/c1-4-27(35)34-15-14-33(17-20(34)3)18-25(22-8-7-19(2)24(29)16-22)37-23-11-9-21(10-12-23)28(36)31-26-6-5-13-30-32-26;1-2;/h4-13,16,20,25H,1,14-15,17-18H2,2-3H3,(H,31,32,36);1-2H3;1H/t20-,25+;;/m1../s1. The molecule has 208 valence electrons. The number of amides is 2. The Hall–Kier alpha value is -4.11. The Bertz CT molecular complexity index is 1260. The number of carbonyl (C=O) groups is 2. The number of nitrogens with one attached hydrogen (secondary N) is 1. The van der Waals surface area contributed by atoms with Crippen LogP contribution in [0.4, 0.5) is 10.2 Å². The summed E-state index contributed by atoms with van der Waals surface area (Å²) in [7, 11) is 0. The minimum atomic E-state index is -0.455. The molecule has 2 amide bonds. The summed E-state index contributed by atoms with van der Waals surface area (Å²) in [6.07, 6.45) is 2.41. The van der Waals surface area contributed by atoms with Gasteiger partial charge in [0, 0.05) is 45.4 Å². The molecule has 2 aromatic carbocycles. The molecule has 4 rings (SSSR count). The third kappa shape index (κ3) is 7.94. The fourth-order valence-electron chi connectivity index (χ4n) is 4.30. The van der Waals surface area contributed by atoms with Crippen molar-refractivity contribution in [2.24, 2.45) is 0 Å². The lowest BCUT2D eigenvalue weighted by molar-refractivity contribution is -0.130. The number of aryl methyl sites for hydroxylation is 1. The van der Waals surface area contributed by atoms with E-state index in [2.05, 4.69) is 27.0 Å². The van der Waals surface area contributed by atoms with Gasteiger partial charge >= 0.3 is 0 Å². The van der Waals surface area contributed by atoms with Crippen LogP contribution in [0.25, 0.3) is 0 Å². The Labute approximate surface area is 231 Å². The number of nitrogens with zero attached hydrogens (tertiary/aromatic N) is 4. The Morgan fingerprint density at radius 2 is 1.95 bits per heavy atom. The monoisotopic (exact) mass is 535 g/mol. The minimum absolute atomic E-state index is 0. The SMILES string of the molecule is C=CC(=O)N1CCN(C[C@H](Oc2ccc(C(=O)Nc3cccnn3)cc2)c2ccc(C)c(F)c2)C[C@H]1C.CC.[HH]. The van der Waals surface area contributed by atoms with E-state index in [9.17, 15) is 14.0 Å². The number of hydrogen-bond acceptors (Lipinski definition) is 6. The van der Waals surface area contributed by atoms with E-state index in [1.54, 1.807) is 54.3 Å². The number of anilines is 1. The van der Waals surface area contributed by atoms with Crippen LogP contribution >= 0.6 is 0 Å². The number of aromatic nitrogens is 2. The molecule has 0 spiro atoms. The van der Waals surface area contributed by atoms with Crippen molar-refractivity contribution in [1.29, 1.82) is 0 Å².